The molecule has 1 aromatic carbocycles. The lowest BCUT2D eigenvalue weighted by Gasteiger charge is -2.16. The number of carbonyl (C=O) groups is 2. The number of hydrazine groups is 1. The molecule has 11 heteroatoms. The van der Waals surface area contributed by atoms with Gasteiger partial charge in [0.1, 0.15) is 5.76 Å². The van der Waals surface area contributed by atoms with Crippen molar-refractivity contribution in [2.24, 2.45) is 0 Å². The number of aromatic nitrogens is 2. The van der Waals surface area contributed by atoms with Crippen molar-refractivity contribution in [1.82, 2.24) is 20.6 Å². The highest BCUT2D eigenvalue weighted by molar-refractivity contribution is 5.98. The Labute approximate surface area is 167 Å². The molecule has 0 radical (unpaired) electrons. The number of aryl methyl sites for hydroxylation is 2. The van der Waals surface area contributed by atoms with Crippen LogP contribution in [-0.2, 0) is 6.18 Å². The summed E-state index contributed by atoms with van der Waals surface area (Å²) >= 11 is 0. The van der Waals surface area contributed by atoms with Crippen molar-refractivity contribution in [1.29, 1.82) is 0 Å². The SMILES string of the molecule is Cc1occc1C(=O)NNC(=O)c1nn(-c2ccccc2C(F)(F)F)c(C)cc1=O. The molecule has 0 aliphatic carbocycles. The molecule has 0 fully saturated rings. The maximum atomic E-state index is 13.3. The van der Waals surface area contributed by atoms with Gasteiger partial charge in [-0.1, -0.05) is 12.1 Å². The van der Waals surface area contributed by atoms with Crippen LogP contribution in [0.5, 0.6) is 0 Å². The van der Waals surface area contributed by atoms with Gasteiger partial charge in [0.2, 0.25) is 5.43 Å². The predicted molar refractivity (Wildman–Crippen MR) is 98.0 cm³/mol. The average Bonchev–Trinajstić information content (AvgIpc) is 3.11. The molecule has 0 saturated heterocycles. The largest absolute Gasteiger partial charge is 0.469 e. The average molecular weight is 420 g/mol. The predicted octanol–water partition coefficient (Wildman–Crippen LogP) is 2.54. The first kappa shape index (κ1) is 20.8. The van der Waals surface area contributed by atoms with Crippen LogP contribution in [0.1, 0.15) is 37.9 Å². The molecule has 8 nitrogen and oxygen atoms in total. The number of halogens is 3. The van der Waals surface area contributed by atoms with Gasteiger partial charge in [-0.15, -0.1) is 0 Å². The second kappa shape index (κ2) is 7.85. The van der Waals surface area contributed by atoms with Crippen molar-refractivity contribution >= 4 is 11.8 Å². The van der Waals surface area contributed by atoms with Crippen molar-refractivity contribution in [2.45, 2.75) is 20.0 Å². The maximum absolute atomic E-state index is 13.3. The summed E-state index contributed by atoms with van der Waals surface area (Å²) in [4.78, 5) is 36.6. The molecule has 0 saturated carbocycles. The Hall–Kier alpha value is -3.89. The van der Waals surface area contributed by atoms with E-state index < -0.39 is 34.7 Å². The van der Waals surface area contributed by atoms with Crippen LogP contribution in [0.4, 0.5) is 13.2 Å². The standard InChI is InChI=1S/C19H15F3N4O4/c1-10-9-15(27)16(18(29)24-23-17(28)12-7-8-30-11(12)2)25-26(10)14-6-4-3-5-13(14)19(20,21)22/h3-9H,1-2H3,(H,23,28)(H,24,29). The van der Waals surface area contributed by atoms with E-state index in [0.29, 0.717) is 5.76 Å². The minimum absolute atomic E-state index is 0.0892. The second-order valence-electron chi connectivity index (χ2n) is 6.22. The molecule has 2 amide bonds. The highest BCUT2D eigenvalue weighted by Crippen LogP contribution is 2.33. The molecular formula is C19H15F3N4O4. The number of para-hydroxylation sites is 1. The van der Waals surface area contributed by atoms with E-state index in [1.165, 1.54) is 44.4 Å². The smallest absolute Gasteiger partial charge is 0.418 e. The Kier molecular flexibility index (Phi) is 5.45. The van der Waals surface area contributed by atoms with Gasteiger partial charge in [0.05, 0.1) is 23.1 Å². The second-order valence-corrected chi connectivity index (χ2v) is 6.22. The number of hydrogen-bond donors (Lipinski definition) is 2. The van der Waals surface area contributed by atoms with Gasteiger partial charge in [-0.25, -0.2) is 4.68 Å². The first-order valence-electron chi connectivity index (χ1n) is 8.52. The number of amides is 2. The summed E-state index contributed by atoms with van der Waals surface area (Å²) in [7, 11) is 0. The molecule has 2 aromatic heterocycles. The minimum atomic E-state index is -4.67. The fraction of sp³-hybridized carbons (Fsp3) is 0.158. The van der Waals surface area contributed by atoms with Crippen LogP contribution in [0.2, 0.25) is 0 Å². The van der Waals surface area contributed by atoms with Crippen LogP contribution in [0, 0.1) is 13.8 Å². The van der Waals surface area contributed by atoms with Gasteiger partial charge in [0.25, 0.3) is 11.8 Å². The molecule has 0 bridgehead atoms. The van der Waals surface area contributed by atoms with E-state index in [-0.39, 0.29) is 16.9 Å². The summed E-state index contributed by atoms with van der Waals surface area (Å²) in [5, 5.41) is 3.80. The number of nitrogens with one attached hydrogen (secondary N) is 2. The third-order valence-corrected chi connectivity index (χ3v) is 4.15. The van der Waals surface area contributed by atoms with Crippen LogP contribution in [0.25, 0.3) is 5.69 Å². The van der Waals surface area contributed by atoms with E-state index in [9.17, 15) is 27.6 Å². The van der Waals surface area contributed by atoms with Gasteiger partial charge in [-0.3, -0.25) is 25.2 Å². The van der Waals surface area contributed by atoms with E-state index in [2.05, 4.69) is 10.5 Å². The molecule has 2 N–H and O–H groups in total. The van der Waals surface area contributed by atoms with Crippen molar-refractivity contribution in [3.05, 3.63) is 81.2 Å². The quantitative estimate of drug-likeness (QED) is 0.634. The summed E-state index contributed by atoms with van der Waals surface area (Å²) < 4.78 is 45.9. The molecule has 2 heterocycles. The first-order valence-corrected chi connectivity index (χ1v) is 8.52. The lowest BCUT2D eigenvalue weighted by atomic mass is 10.1. The Balaban J connectivity index is 1.93. The summed E-state index contributed by atoms with van der Waals surface area (Å²) in [6, 6.07) is 6.97. The summed E-state index contributed by atoms with van der Waals surface area (Å²) in [6.07, 6.45) is -3.39. The van der Waals surface area contributed by atoms with Crippen LogP contribution in [0.15, 0.2) is 51.9 Å². The zero-order valence-corrected chi connectivity index (χ0v) is 15.7. The first-order chi connectivity index (χ1) is 14.1. The number of furan rings is 1. The Morgan fingerprint density at radius 2 is 1.73 bits per heavy atom. The maximum Gasteiger partial charge on any atom is 0.418 e. The zero-order valence-electron chi connectivity index (χ0n) is 15.7. The fourth-order valence-corrected chi connectivity index (χ4v) is 2.71. The van der Waals surface area contributed by atoms with Gasteiger partial charge in [-0.05, 0) is 32.0 Å². The van der Waals surface area contributed by atoms with Crippen molar-refractivity contribution in [2.75, 3.05) is 0 Å². The van der Waals surface area contributed by atoms with Gasteiger partial charge in [0.15, 0.2) is 5.69 Å². The third-order valence-electron chi connectivity index (χ3n) is 4.15. The monoisotopic (exact) mass is 420 g/mol. The molecule has 0 aliphatic rings. The van der Waals surface area contributed by atoms with E-state index in [4.69, 9.17) is 4.42 Å². The molecule has 0 unspecified atom stereocenters. The number of hydrogen-bond acceptors (Lipinski definition) is 5. The lowest BCUT2D eigenvalue weighted by Crippen LogP contribution is -2.44. The van der Waals surface area contributed by atoms with Gasteiger partial charge in [-0.2, -0.15) is 18.3 Å². The highest BCUT2D eigenvalue weighted by atomic mass is 19.4. The normalized spacial score (nSPS) is 11.2. The Bertz CT molecular complexity index is 1180. The van der Waals surface area contributed by atoms with Crippen molar-refractivity contribution < 1.29 is 27.2 Å². The number of rotatable bonds is 3. The highest BCUT2D eigenvalue weighted by Gasteiger charge is 2.34. The third kappa shape index (κ3) is 4.09. The van der Waals surface area contributed by atoms with Crippen molar-refractivity contribution in [3.63, 3.8) is 0 Å². The number of nitrogens with zero attached hydrogens (tertiary/aromatic N) is 2. The Morgan fingerprint density at radius 3 is 2.37 bits per heavy atom. The van der Waals surface area contributed by atoms with E-state index >= 15 is 0 Å². The van der Waals surface area contributed by atoms with Crippen LogP contribution in [0.3, 0.4) is 0 Å². The van der Waals surface area contributed by atoms with E-state index in [1.807, 2.05) is 5.43 Å². The van der Waals surface area contributed by atoms with Crippen LogP contribution >= 0.6 is 0 Å². The molecule has 30 heavy (non-hydrogen) atoms. The molecular weight excluding hydrogens is 405 g/mol. The van der Waals surface area contributed by atoms with Gasteiger partial charge >= 0.3 is 6.18 Å². The Morgan fingerprint density at radius 1 is 1.07 bits per heavy atom. The zero-order chi connectivity index (χ0) is 22.1. The summed E-state index contributed by atoms with van der Waals surface area (Å²) in [5.74, 6) is -1.49. The minimum Gasteiger partial charge on any atom is -0.469 e. The molecule has 0 aliphatic heterocycles. The van der Waals surface area contributed by atoms with Crippen LogP contribution in [-0.4, -0.2) is 21.6 Å². The summed E-state index contributed by atoms with van der Waals surface area (Å²) in [5.41, 5.74) is 1.51. The number of carbonyl (C=O) groups excluding carboxylic acids is 2. The topological polar surface area (TPSA) is 106 Å². The summed E-state index contributed by atoms with van der Waals surface area (Å²) in [6.45, 7) is 2.92. The lowest BCUT2D eigenvalue weighted by molar-refractivity contribution is -0.137. The van der Waals surface area contributed by atoms with Crippen LogP contribution < -0.4 is 16.3 Å². The molecule has 0 spiro atoms. The van der Waals surface area contributed by atoms with Gasteiger partial charge < -0.3 is 4.42 Å². The number of benzene rings is 1. The molecule has 0 atom stereocenters. The van der Waals surface area contributed by atoms with E-state index in [0.717, 1.165) is 16.8 Å². The molecule has 156 valence electrons. The number of alkyl halides is 3. The van der Waals surface area contributed by atoms with E-state index in [1.54, 1.807) is 0 Å². The van der Waals surface area contributed by atoms with Crippen molar-refractivity contribution in [3.8, 4) is 5.69 Å². The molecule has 3 aromatic rings. The molecule has 3 rings (SSSR count). The van der Waals surface area contributed by atoms with Gasteiger partial charge in [0, 0.05) is 11.8 Å². The fourth-order valence-electron chi connectivity index (χ4n) is 2.71.